The van der Waals surface area contributed by atoms with Gasteiger partial charge >= 0.3 is 0 Å². The topological polar surface area (TPSA) is 67.4 Å². The van der Waals surface area contributed by atoms with Crippen molar-refractivity contribution in [3.05, 3.63) is 63.9 Å². The smallest absolute Gasteiger partial charge is 0.258 e. The van der Waals surface area contributed by atoms with Crippen molar-refractivity contribution in [2.24, 2.45) is 0 Å². The monoisotopic (exact) mass is 434 g/mol. The van der Waals surface area contributed by atoms with Gasteiger partial charge in [-0.05, 0) is 55.2 Å². The molecule has 0 unspecified atom stereocenters. The molecule has 7 heteroatoms. The van der Waals surface area contributed by atoms with E-state index in [1.165, 1.54) is 12.1 Å². The lowest BCUT2D eigenvalue weighted by molar-refractivity contribution is -0.123. The summed E-state index contributed by atoms with van der Waals surface area (Å²) in [5, 5.41) is 5.57. The first-order valence-electron chi connectivity index (χ1n) is 8.75. The molecule has 0 aromatic heterocycles. The normalized spacial score (nSPS) is 13.1. The Morgan fingerprint density at radius 2 is 1.89 bits per heavy atom. The quantitative estimate of drug-likeness (QED) is 0.669. The van der Waals surface area contributed by atoms with Crippen molar-refractivity contribution in [2.75, 3.05) is 13.2 Å². The molecular formula is C20H20BrFN2O3. The predicted octanol–water partition coefficient (Wildman–Crippen LogP) is 3.22. The Hall–Kier alpha value is -2.41. The van der Waals surface area contributed by atoms with Crippen LogP contribution in [-0.4, -0.2) is 31.0 Å². The second-order valence-electron chi connectivity index (χ2n) is 6.40. The molecule has 0 radical (unpaired) electrons. The highest BCUT2D eigenvalue weighted by Crippen LogP contribution is 2.18. The Labute approximate surface area is 165 Å². The fourth-order valence-electron chi connectivity index (χ4n) is 2.49. The number of carbonyl (C=O) groups is 2. The van der Waals surface area contributed by atoms with Crippen LogP contribution in [0.2, 0.25) is 0 Å². The molecule has 1 aliphatic carbocycles. The van der Waals surface area contributed by atoms with Gasteiger partial charge in [0.25, 0.3) is 11.8 Å². The summed E-state index contributed by atoms with van der Waals surface area (Å²) in [7, 11) is 0. The lowest BCUT2D eigenvalue weighted by Crippen LogP contribution is -2.30. The SMILES string of the molecule is O=C(COc1ccc(CCNC(=O)c2ccc(Br)cc2F)cc1)NC1CC1. The average Bonchev–Trinajstić information content (AvgIpc) is 3.45. The van der Waals surface area contributed by atoms with Gasteiger partial charge in [0.15, 0.2) is 6.61 Å². The largest absolute Gasteiger partial charge is 0.484 e. The molecule has 3 rings (SSSR count). The molecule has 2 aromatic carbocycles. The van der Waals surface area contributed by atoms with Crippen molar-refractivity contribution in [3.63, 3.8) is 0 Å². The Morgan fingerprint density at radius 1 is 1.15 bits per heavy atom. The molecule has 27 heavy (non-hydrogen) atoms. The molecule has 1 aliphatic rings. The van der Waals surface area contributed by atoms with Gasteiger partial charge in [-0.15, -0.1) is 0 Å². The van der Waals surface area contributed by atoms with E-state index in [0.29, 0.717) is 29.2 Å². The zero-order valence-corrected chi connectivity index (χ0v) is 16.2. The number of nitrogens with one attached hydrogen (secondary N) is 2. The summed E-state index contributed by atoms with van der Waals surface area (Å²) in [6.07, 6.45) is 2.70. The van der Waals surface area contributed by atoms with Gasteiger partial charge in [0.05, 0.1) is 5.56 Å². The van der Waals surface area contributed by atoms with E-state index in [0.717, 1.165) is 18.4 Å². The number of hydrogen-bond acceptors (Lipinski definition) is 3. The maximum Gasteiger partial charge on any atom is 0.258 e. The van der Waals surface area contributed by atoms with Gasteiger partial charge in [-0.3, -0.25) is 9.59 Å². The van der Waals surface area contributed by atoms with Crippen LogP contribution in [0.4, 0.5) is 4.39 Å². The summed E-state index contributed by atoms with van der Waals surface area (Å²) in [4.78, 5) is 23.6. The summed E-state index contributed by atoms with van der Waals surface area (Å²) in [5.41, 5.74) is 1.02. The highest BCUT2D eigenvalue weighted by Gasteiger charge is 2.23. The molecule has 142 valence electrons. The van der Waals surface area contributed by atoms with Crippen molar-refractivity contribution in [2.45, 2.75) is 25.3 Å². The van der Waals surface area contributed by atoms with Crippen LogP contribution in [-0.2, 0) is 11.2 Å². The van der Waals surface area contributed by atoms with Crippen molar-refractivity contribution in [3.8, 4) is 5.75 Å². The van der Waals surface area contributed by atoms with Crippen LogP contribution in [0.25, 0.3) is 0 Å². The molecule has 2 amide bonds. The third kappa shape index (κ3) is 6.06. The second kappa shape index (κ2) is 8.99. The summed E-state index contributed by atoms with van der Waals surface area (Å²) >= 11 is 3.16. The number of hydrogen-bond donors (Lipinski definition) is 2. The summed E-state index contributed by atoms with van der Waals surface area (Å²) in [6.45, 7) is 0.392. The van der Waals surface area contributed by atoms with Gasteiger partial charge in [0.2, 0.25) is 0 Å². The zero-order valence-electron chi connectivity index (χ0n) is 14.6. The van der Waals surface area contributed by atoms with Crippen molar-refractivity contribution in [1.82, 2.24) is 10.6 Å². The Morgan fingerprint density at radius 3 is 2.56 bits per heavy atom. The summed E-state index contributed by atoms with van der Waals surface area (Å²) in [6, 6.07) is 12.0. The van der Waals surface area contributed by atoms with Gasteiger partial charge < -0.3 is 15.4 Å². The first-order valence-corrected chi connectivity index (χ1v) is 9.55. The van der Waals surface area contributed by atoms with E-state index in [1.807, 2.05) is 12.1 Å². The Kier molecular flexibility index (Phi) is 6.45. The van der Waals surface area contributed by atoms with Crippen LogP contribution in [0.1, 0.15) is 28.8 Å². The molecule has 1 fully saturated rings. The highest BCUT2D eigenvalue weighted by atomic mass is 79.9. The van der Waals surface area contributed by atoms with Crippen LogP contribution in [0.15, 0.2) is 46.9 Å². The van der Waals surface area contributed by atoms with E-state index in [2.05, 4.69) is 26.6 Å². The number of benzene rings is 2. The van der Waals surface area contributed by atoms with E-state index in [4.69, 9.17) is 4.74 Å². The molecule has 1 saturated carbocycles. The van der Waals surface area contributed by atoms with E-state index in [9.17, 15) is 14.0 Å². The minimum absolute atomic E-state index is 0.00462. The minimum Gasteiger partial charge on any atom is -0.484 e. The van der Waals surface area contributed by atoms with E-state index in [1.54, 1.807) is 18.2 Å². The molecule has 0 spiro atoms. The van der Waals surface area contributed by atoms with Crippen LogP contribution >= 0.6 is 15.9 Å². The summed E-state index contributed by atoms with van der Waals surface area (Å²) < 4.78 is 19.8. The van der Waals surface area contributed by atoms with Crippen molar-refractivity contribution >= 4 is 27.7 Å². The third-order valence-corrected chi connectivity index (χ3v) is 4.60. The molecule has 0 bridgehead atoms. The third-order valence-electron chi connectivity index (χ3n) is 4.11. The highest BCUT2D eigenvalue weighted by molar-refractivity contribution is 9.10. The maximum atomic E-state index is 13.8. The molecule has 2 N–H and O–H groups in total. The van der Waals surface area contributed by atoms with Gasteiger partial charge in [0.1, 0.15) is 11.6 Å². The molecule has 0 saturated heterocycles. The van der Waals surface area contributed by atoms with Crippen molar-refractivity contribution < 1.29 is 18.7 Å². The van der Waals surface area contributed by atoms with Crippen LogP contribution in [0, 0.1) is 5.82 Å². The van der Waals surface area contributed by atoms with Gasteiger partial charge in [0, 0.05) is 17.1 Å². The predicted molar refractivity (Wildman–Crippen MR) is 103 cm³/mol. The van der Waals surface area contributed by atoms with Gasteiger partial charge in [-0.1, -0.05) is 28.1 Å². The molecule has 0 heterocycles. The maximum absolute atomic E-state index is 13.8. The van der Waals surface area contributed by atoms with Gasteiger partial charge in [-0.25, -0.2) is 4.39 Å². The zero-order chi connectivity index (χ0) is 19.2. The number of ether oxygens (including phenoxy) is 1. The van der Waals surface area contributed by atoms with E-state index >= 15 is 0 Å². The van der Waals surface area contributed by atoms with Crippen LogP contribution in [0.5, 0.6) is 5.75 Å². The lowest BCUT2D eigenvalue weighted by atomic mass is 10.1. The van der Waals surface area contributed by atoms with Crippen molar-refractivity contribution in [1.29, 1.82) is 0 Å². The lowest BCUT2D eigenvalue weighted by Gasteiger charge is -2.09. The molecule has 0 atom stereocenters. The van der Waals surface area contributed by atoms with Gasteiger partial charge in [-0.2, -0.15) is 0 Å². The number of rotatable bonds is 8. The fraction of sp³-hybridized carbons (Fsp3) is 0.300. The molecular weight excluding hydrogens is 415 g/mol. The van der Waals surface area contributed by atoms with Crippen LogP contribution < -0.4 is 15.4 Å². The number of amides is 2. The first-order chi connectivity index (χ1) is 13.0. The first kappa shape index (κ1) is 19.4. The standard InChI is InChI=1S/C20H20BrFN2O3/c21-14-3-8-17(18(22)11-14)20(26)23-10-9-13-1-6-16(7-2-13)27-12-19(25)24-15-4-5-15/h1-3,6-8,11,15H,4-5,9-10,12H2,(H,23,26)(H,24,25). The Bertz CT molecular complexity index is 822. The second-order valence-corrected chi connectivity index (χ2v) is 7.32. The average molecular weight is 435 g/mol. The van der Waals surface area contributed by atoms with Crippen LogP contribution in [0.3, 0.4) is 0 Å². The minimum atomic E-state index is -0.561. The fourth-order valence-corrected chi connectivity index (χ4v) is 2.82. The number of carbonyl (C=O) groups excluding carboxylic acids is 2. The molecule has 2 aromatic rings. The Balaban J connectivity index is 1.41. The van der Waals surface area contributed by atoms with E-state index < -0.39 is 11.7 Å². The van der Waals surface area contributed by atoms with E-state index in [-0.39, 0.29) is 18.1 Å². The number of halogens is 2. The summed E-state index contributed by atoms with van der Waals surface area (Å²) in [5.74, 6) is -0.495. The molecule has 5 nitrogen and oxygen atoms in total. The molecule has 0 aliphatic heterocycles.